The zero-order valence-electron chi connectivity index (χ0n) is 11.8. The molecule has 0 aliphatic rings. The van der Waals surface area contributed by atoms with E-state index in [1.807, 2.05) is 0 Å². The Hall–Kier alpha value is -3.10. The van der Waals surface area contributed by atoms with Gasteiger partial charge in [-0.1, -0.05) is 6.07 Å². The first kappa shape index (κ1) is 14.8. The lowest BCUT2D eigenvalue weighted by Crippen LogP contribution is -2.14. The predicted molar refractivity (Wildman–Crippen MR) is 78.0 cm³/mol. The van der Waals surface area contributed by atoms with Crippen LogP contribution in [0.3, 0.4) is 0 Å². The van der Waals surface area contributed by atoms with Crippen molar-refractivity contribution in [3.05, 3.63) is 48.4 Å². The Balaban J connectivity index is 1.77. The number of hydrogen-bond donors (Lipinski definition) is 2. The molecular formula is C14H12F2N6O. The first-order valence-corrected chi connectivity index (χ1v) is 6.71. The van der Waals surface area contributed by atoms with Gasteiger partial charge >= 0.3 is 0 Å². The van der Waals surface area contributed by atoms with Gasteiger partial charge < -0.3 is 5.32 Å². The van der Waals surface area contributed by atoms with Crippen molar-refractivity contribution in [2.75, 3.05) is 5.32 Å². The summed E-state index contributed by atoms with van der Waals surface area (Å²) in [5.41, 5.74) is 1.32. The van der Waals surface area contributed by atoms with E-state index < -0.39 is 18.9 Å². The summed E-state index contributed by atoms with van der Waals surface area (Å²) in [7, 11) is 0. The van der Waals surface area contributed by atoms with Crippen LogP contribution in [0.4, 0.5) is 14.6 Å². The van der Waals surface area contributed by atoms with E-state index in [4.69, 9.17) is 0 Å². The van der Waals surface area contributed by atoms with Crippen molar-refractivity contribution in [1.82, 2.24) is 25.0 Å². The minimum Gasteiger partial charge on any atom is -0.305 e. The van der Waals surface area contributed by atoms with Crippen molar-refractivity contribution in [1.29, 1.82) is 0 Å². The molecule has 0 aliphatic carbocycles. The van der Waals surface area contributed by atoms with E-state index in [1.54, 1.807) is 24.4 Å². The van der Waals surface area contributed by atoms with Crippen LogP contribution in [0.5, 0.6) is 0 Å². The lowest BCUT2D eigenvalue weighted by Gasteiger charge is -2.03. The van der Waals surface area contributed by atoms with Crippen LogP contribution in [0.25, 0.3) is 11.4 Å². The highest BCUT2D eigenvalue weighted by atomic mass is 19.3. The number of hydrogen-bond acceptors (Lipinski definition) is 4. The highest BCUT2D eigenvalue weighted by Crippen LogP contribution is 2.19. The third-order valence-corrected chi connectivity index (χ3v) is 3.01. The van der Waals surface area contributed by atoms with Crippen molar-refractivity contribution in [2.24, 2.45) is 0 Å². The highest BCUT2D eigenvalue weighted by Gasteiger charge is 2.17. The third kappa shape index (κ3) is 3.39. The Bertz CT molecular complexity index is 798. The second-order valence-electron chi connectivity index (χ2n) is 4.64. The summed E-state index contributed by atoms with van der Waals surface area (Å²) >= 11 is 0. The molecule has 23 heavy (non-hydrogen) atoms. The number of pyridine rings is 1. The smallest absolute Gasteiger partial charge is 0.260 e. The fourth-order valence-corrected chi connectivity index (χ4v) is 2.02. The van der Waals surface area contributed by atoms with Crippen LogP contribution in [0.1, 0.15) is 10.4 Å². The van der Waals surface area contributed by atoms with Gasteiger partial charge in [0.15, 0.2) is 5.82 Å². The van der Waals surface area contributed by atoms with Crippen LogP contribution in [0.15, 0.2) is 42.9 Å². The Morgan fingerprint density at radius 2 is 2.22 bits per heavy atom. The molecule has 3 aromatic heterocycles. The molecule has 3 heterocycles. The number of nitrogens with one attached hydrogen (secondary N) is 2. The summed E-state index contributed by atoms with van der Waals surface area (Å²) < 4.78 is 25.6. The molecule has 0 fully saturated rings. The number of carbonyl (C=O) groups is 1. The minimum absolute atomic E-state index is 0.184. The normalized spacial score (nSPS) is 10.9. The van der Waals surface area contributed by atoms with Crippen LogP contribution in [0, 0.1) is 0 Å². The van der Waals surface area contributed by atoms with Gasteiger partial charge in [0.1, 0.15) is 6.54 Å². The maximum atomic E-state index is 12.3. The molecule has 0 radical (unpaired) electrons. The maximum absolute atomic E-state index is 12.3. The second-order valence-corrected chi connectivity index (χ2v) is 4.64. The first-order chi connectivity index (χ1) is 11.1. The van der Waals surface area contributed by atoms with Gasteiger partial charge in [0.25, 0.3) is 12.3 Å². The van der Waals surface area contributed by atoms with Gasteiger partial charge in [0.05, 0.1) is 23.1 Å². The number of rotatable bonds is 5. The number of anilines is 1. The fourth-order valence-electron chi connectivity index (χ4n) is 2.02. The van der Waals surface area contributed by atoms with E-state index in [0.29, 0.717) is 11.4 Å². The van der Waals surface area contributed by atoms with Crippen LogP contribution < -0.4 is 5.32 Å². The highest BCUT2D eigenvalue weighted by molar-refractivity contribution is 6.07. The van der Waals surface area contributed by atoms with Crippen LogP contribution >= 0.6 is 0 Å². The van der Waals surface area contributed by atoms with E-state index >= 15 is 0 Å². The number of aromatic nitrogens is 5. The summed E-state index contributed by atoms with van der Waals surface area (Å²) in [6, 6.07) is 6.73. The molecule has 0 saturated carbocycles. The van der Waals surface area contributed by atoms with Crippen molar-refractivity contribution < 1.29 is 13.6 Å². The average molecular weight is 318 g/mol. The Kier molecular flexibility index (Phi) is 4.09. The summed E-state index contributed by atoms with van der Waals surface area (Å²) in [4.78, 5) is 16.5. The van der Waals surface area contributed by atoms with Gasteiger partial charge in [-0.2, -0.15) is 10.2 Å². The number of alkyl halides is 2. The standard InChI is InChI=1S/C14H12F2N6O/c15-11(16)8-22-6-4-12(21-22)19-14(23)9-7-18-20-13(9)10-3-1-2-5-17-10/h1-7,11H,8H2,(H,18,20)(H,19,21,23). The zero-order valence-corrected chi connectivity index (χ0v) is 11.8. The SMILES string of the molecule is O=C(Nc1ccn(CC(F)F)n1)c1cn[nH]c1-c1ccccn1. The van der Waals surface area contributed by atoms with Crippen molar-refractivity contribution in [3.63, 3.8) is 0 Å². The molecule has 9 heteroatoms. The van der Waals surface area contributed by atoms with Gasteiger partial charge in [0, 0.05) is 18.5 Å². The molecule has 0 saturated heterocycles. The Labute approximate surface area is 129 Å². The first-order valence-electron chi connectivity index (χ1n) is 6.71. The monoisotopic (exact) mass is 318 g/mol. The number of amides is 1. The minimum atomic E-state index is -2.51. The molecular weight excluding hydrogens is 306 g/mol. The van der Waals surface area contributed by atoms with Crippen molar-refractivity contribution in [3.8, 4) is 11.4 Å². The summed E-state index contributed by atoms with van der Waals surface area (Å²) in [5.74, 6) is -0.273. The van der Waals surface area contributed by atoms with Crippen molar-refractivity contribution in [2.45, 2.75) is 13.0 Å². The van der Waals surface area contributed by atoms with Crippen LogP contribution in [-0.2, 0) is 6.54 Å². The van der Waals surface area contributed by atoms with Gasteiger partial charge in [-0.3, -0.25) is 19.6 Å². The molecule has 0 atom stereocenters. The molecule has 0 unspecified atom stereocenters. The molecule has 7 nitrogen and oxygen atoms in total. The molecule has 0 bridgehead atoms. The molecule has 3 aromatic rings. The number of halogens is 2. The molecule has 1 amide bonds. The molecule has 2 N–H and O–H groups in total. The topological polar surface area (TPSA) is 88.5 Å². The molecule has 118 valence electrons. The lowest BCUT2D eigenvalue weighted by atomic mass is 10.1. The summed E-state index contributed by atoms with van der Waals surface area (Å²) in [6.45, 7) is -0.527. The number of nitrogens with zero attached hydrogens (tertiary/aromatic N) is 4. The molecule has 0 aliphatic heterocycles. The summed E-state index contributed by atoms with van der Waals surface area (Å²) in [5, 5.41) is 13.0. The van der Waals surface area contributed by atoms with Crippen molar-refractivity contribution >= 4 is 11.7 Å². The maximum Gasteiger partial charge on any atom is 0.260 e. The third-order valence-electron chi connectivity index (χ3n) is 3.01. The van der Waals surface area contributed by atoms with Gasteiger partial charge in [-0.05, 0) is 12.1 Å². The van der Waals surface area contributed by atoms with E-state index in [0.717, 1.165) is 4.68 Å². The predicted octanol–water partition coefficient (Wildman–Crippen LogP) is 2.19. The molecule has 0 spiro atoms. The van der Waals surface area contributed by atoms with Gasteiger partial charge in [0.2, 0.25) is 0 Å². The summed E-state index contributed by atoms with van der Waals surface area (Å²) in [6.07, 6.45) is 1.83. The quantitative estimate of drug-likeness (QED) is 0.754. The number of H-pyrrole nitrogens is 1. The Morgan fingerprint density at radius 1 is 1.35 bits per heavy atom. The van der Waals surface area contributed by atoms with E-state index in [1.165, 1.54) is 18.5 Å². The van der Waals surface area contributed by atoms with Gasteiger partial charge in [-0.15, -0.1) is 0 Å². The zero-order chi connectivity index (χ0) is 16.2. The van der Waals surface area contributed by atoms with Crippen LogP contribution in [0.2, 0.25) is 0 Å². The van der Waals surface area contributed by atoms with Crippen LogP contribution in [-0.4, -0.2) is 37.3 Å². The number of aromatic amines is 1. The largest absolute Gasteiger partial charge is 0.305 e. The van der Waals surface area contributed by atoms with Gasteiger partial charge in [-0.25, -0.2) is 8.78 Å². The lowest BCUT2D eigenvalue weighted by molar-refractivity contribution is 0.102. The second kappa shape index (κ2) is 6.34. The Morgan fingerprint density at radius 3 is 2.96 bits per heavy atom. The van der Waals surface area contributed by atoms with E-state index in [2.05, 4.69) is 25.6 Å². The fraction of sp³-hybridized carbons (Fsp3) is 0.143. The average Bonchev–Trinajstić information content (AvgIpc) is 3.17. The molecule has 0 aromatic carbocycles. The molecule has 3 rings (SSSR count). The number of carbonyl (C=O) groups excluding carboxylic acids is 1. The van der Waals surface area contributed by atoms with E-state index in [9.17, 15) is 13.6 Å². The van der Waals surface area contributed by atoms with E-state index in [-0.39, 0.29) is 11.4 Å².